The molecule has 3 N–H and O–H groups in total. The summed E-state index contributed by atoms with van der Waals surface area (Å²) in [5, 5.41) is 4.16. The highest BCUT2D eigenvalue weighted by Gasteiger charge is 2.36. The first kappa shape index (κ1) is 17.4. The van der Waals surface area contributed by atoms with Gasteiger partial charge in [-0.05, 0) is 43.0 Å². The maximum atomic E-state index is 12.4. The fourth-order valence-corrected chi connectivity index (χ4v) is 3.73. The van der Waals surface area contributed by atoms with E-state index in [4.69, 9.17) is 22.1 Å². The van der Waals surface area contributed by atoms with Crippen LogP contribution < -0.4 is 11.1 Å². The molecule has 5 nitrogen and oxygen atoms in total. The number of rotatable bonds is 4. The van der Waals surface area contributed by atoms with Crippen LogP contribution >= 0.6 is 22.9 Å². The van der Waals surface area contributed by atoms with Crippen LogP contribution in [-0.4, -0.2) is 29.6 Å². The number of aromatic nitrogens is 1. The van der Waals surface area contributed by atoms with E-state index in [9.17, 15) is 4.79 Å². The molecule has 2 aromatic rings. The van der Waals surface area contributed by atoms with Crippen molar-refractivity contribution in [3.05, 3.63) is 45.4 Å². The number of thiazole rings is 1. The van der Waals surface area contributed by atoms with Crippen molar-refractivity contribution in [2.24, 2.45) is 5.73 Å². The molecule has 1 saturated heterocycles. The molecule has 0 radical (unpaired) electrons. The summed E-state index contributed by atoms with van der Waals surface area (Å²) in [6.45, 7) is 3.07. The van der Waals surface area contributed by atoms with E-state index in [-0.39, 0.29) is 5.91 Å². The number of aryl methyl sites for hydroxylation is 1. The first-order valence-electron chi connectivity index (χ1n) is 7.84. The van der Waals surface area contributed by atoms with Crippen molar-refractivity contribution < 1.29 is 9.53 Å². The van der Waals surface area contributed by atoms with Crippen LogP contribution in [0.4, 0.5) is 5.13 Å². The molecule has 0 unspecified atom stereocenters. The molecule has 1 aromatic heterocycles. The summed E-state index contributed by atoms with van der Waals surface area (Å²) >= 11 is 7.46. The quantitative estimate of drug-likeness (QED) is 0.872. The molecule has 1 aromatic carbocycles. The highest BCUT2D eigenvalue weighted by Crippen LogP contribution is 2.26. The van der Waals surface area contributed by atoms with Crippen LogP contribution in [0.15, 0.2) is 24.4 Å². The molecule has 0 spiro atoms. The predicted molar refractivity (Wildman–Crippen MR) is 96.7 cm³/mol. The first-order valence-corrected chi connectivity index (χ1v) is 9.03. The standard InChI is InChI=1S/C17H20ClN3O2S/c1-11-8-13(18)3-2-12(11)9-14-10-20-16(24-14)21-15(22)17(19)4-6-23-7-5-17/h2-3,8,10H,4-7,9,19H2,1H3,(H,20,21,22). The molecule has 128 valence electrons. The number of carbonyl (C=O) groups is 1. The van der Waals surface area contributed by atoms with Crippen LogP contribution in [0.1, 0.15) is 28.8 Å². The maximum absolute atomic E-state index is 12.4. The SMILES string of the molecule is Cc1cc(Cl)ccc1Cc1cnc(NC(=O)C2(N)CCOCC2)s1. The molecule has 1 amide bonds. The number of benzene rings is 1. The van der Waals surface area contributed by atoms with E-state index >= 15 is 0 Å². The number of hydrogen-bond donors (Lipinski definition) is 2. The van der Waals surface area contributed by atoms with Crippen molar-refractivity contribution >= 4 is 34.0 Å². The lowest BCUT2D eigenvalue weighted by molar-refractivity contribution is -0.124. The lowest BCUT2D eigenvalue weighted by atomic mass is 9.90. The van der Waals surface area contributed by atoms with Gasteiger partial charge < -0.3 is 15.8 Å². The van der Waals surface area contributed by atoms with Crippen molar-refractivity contribution in [2.45, 2.75) is 31.7 Å². The number of nitrogens with two attached hydrogens (primary N) is 1. The molecule has 0 saturated carbocycles. The lowest BCUT2D eigenvalue weighted by Crippen LogP contribution is -2.54. The van der Waals surface area contributed by atoms with Gasteiger partial charge in [0, 0.05) is 35.7 Å². The minimum Gasteiger partial charge on any atom is -0.381 e. The monoisotopic (exact) mass is 365 g/mol. The average Bonchev–Trinajstić information content (AvgIpc) is 2.98. The van der Waals surface area contributed by atoms with Crippen LogP contribution in [0.5, 0.6) is 0 Å². The lowest BCUT2D eigenvalue weighted by Gasteiger charge is -2.31. The molecule has 24 heavy (non-hydrogen) atoms. The summed E-state index contributed by atoms with van der Waals surface area (Å²) in [5.74, 6) is -0.186. The third kappa shape index (κ3) is 3.95. The molecular weight excluding hydrogens is 346 g/mol. The molecule has 1 fully saturated rings. The Balaban J connectivity index is 1.66. The number of ether oxygens (including phenoxy) is 1. The third-order valence-electron chi connectivity index (χ3n) is 4.28. The van der Waals surface area contributed by atoms with E-state index in [1.807, 2.05) is 25.1 Å². The molecule has 0 bridgehead atoms. The zero-order valence-electron chi connectivity index (χ0n) is 13.5. The summed E-state index contributed by atoms with van der Waals surface area (Å²) in [5.41, 5.74) is 7.66. The van der Waals surface area contributed by atoms with E-state index in [1.54, 1.807) is 6.20 Å². The van der Waals surface area contributed by atoms with E-state index in [0.717, 1.165) is 21.9 Å². The van der Waals surface area contributed by atoms with E-state index in [1.165, 1.54) is 16.9 Å². The van der Waals surface area contributed by atoms with Gasteiger partial charge in [-0.3, -0.25) is 4.79 Å². The highest BCUT2D eigenvalue weighted by molar-refractivity contribution is 7.15. The second-order valence-corrected chi connectivity index (χ2v) is 7.65. The number of anilines is 1. The zero-order valence-corrected chi connectivity index (χ0v) is 15.0. The summed E-state index contributed by atoms with van der Waals surface area (Å²) in [7, 11) is 0. The van der Waals surface area contributed by atoms with Gasteiger partial charge in [-0.15, -0.1) is 11.3 Å². The Bertz CT molecular complexity index is 741. The number of nitrogens with zero attached hydrogens (tertiary/aromatic N) is 1. The largest absolute Gasteiger partial charge is 0.381 e. The van der Waals surface area contributed by atoms with Crippen molar-refractivity contribution in [1.29, 1.82) is 0 Å². The van der Waals surface area contributed by atoms with Crippen molar-refractivity contribution in [1.82, 2.24) is 4.98 Å². The summed E-state index contributed by atoms with van der Waals surface area (Å²) in [6.07, 6.45) is 3.61. The summed E-state index contributed by atoms with van der Waals surface area (Å²) < 4.78 is 5.27. The number of halogens is 1. The fraction of sp³-hybridized carbons (Fsp3) is 0.412. The number of nitrogens with one attached hydrogen (secondary N) is 1. The van der Waals surface area contributed by atoms with Gasteiger partial charge in [-0.1, -0.05) is 17.7 Å². The van der Waals surface area contributed by atoms with Gasteiger partial charge in [0.2, 0.25) is 5.91 Å². The molecule has 2 heterocycles. The Morgan fingerprint density at radius 2 is 2.21 bits per heavy atom. The molecule has 7 heteroatoms. The van der Waals surface area contributed by atoms with Gasteiger partial charge in [0.05, 0.1) is 0 Å². The van der Waals surface area contributed by atoms with E-state index in [0.29, 0.717) is 31.2 Å². The normalized spacial score (nSPS) is 16.8. The van der Waals surface area contributed by atoms with Crippen molar-refractivity contribution in [3.63, 3.8) is 0 Å². The number of hydrogen-bond acceptors (Lipinski definition) is 5. The molecular formula is C17H20ClN3O2S. The van der Waals surface area contributed by atoms with E-state index in [2.05, 4.69) is 10.3 Å². The zero-order chi connectivity index (χ0) is 17.2. The topological polar surface area (TPSA) is 77.2 Å². The Morgan fingerprint density at radius 1 is 1.46 bits per heavy atom. The van der Waals surface area contributed by atoms with Gasteiger partial charge in [0.25, 0.3) is 0 Å². The van der Waals surface area contributed by atoms with Crippen LogP contribution in [0.25, 0.3) is 0 Å². The van der Waals surface area contributed by atoms with Gasteiger partial charge in [-0.25, -0.2) is 4.98 Å². The Kier molecular flexibility index (Phi) is 5.20. The van der Waals surface area contributed by atoms with Crippen LogP contribution in [0.3, 0.4) is 0 Å². The minimum atomic E-state index is -0.864. The number of amides is 1. The average molecular weight is 366 g/mol. The van der Waals surface area contributed by atoms with Crippen LogP contribution in [-0.2, 0) is 16.0 Å². The van der Waals surface area contributed by atoms with Crippen molar-refractivity contribution in [3.8, 4) is 0 Å². The van der Waals surface area contributed by atoms with Crippen molar-refractivity contribution in [2.75, 3.05) is 18.5 Å². The summed E-state index contributed by atoms with van der Waals surface area (Å²) in [4.78, 5) is 17.8. The van der Waals surface area contributed by atoms with Gasteiger partial charge in [0.15, 0.2) is 5.13 Å². The Hall–Kier alpha value is -1.47. The smallest absolute Gasteiger partial charge is 0.246 e. The molecule has 1 aliphatic heterocycles. The van der Waals surface area contributed by atoms with Gasteiger partial charge in [0.1, 0.15) is 5.54 Å². The summed E-state index contributed by atoms with van der Waals surface area (Å²) in [6, 6.07) is 5.85. The second-order valence-electron chi connectivity index (χ2n) is 6.10. The maximum Gasteiger partial charge on any atom is 0.246 e. The highest BCUT2D eigenvalue weighted by atomic mass is 35.5. The van der Waals surface area contributed by atoms with Gasteiger partial charge in [-0.2, -0.15) is 0 Å². The first-order chi connectivity index (χ1) is 11.5. The molecule has 1 aliphatic rings. The molecule has 0 atom stereocenters. The van der Waals surface area contributed by atoms with Crippen LogP contribution in [0.2, 0.25) is 5.02 Å². The van der Waals surface area contributed by atoms with Crippen LogP contribution in [0, 0.1) is 6.92 Å². The molecule has 3 rings (SSSR count). The Labute approximate surface area is 150 Å². The van der Waals surface area contributed by atoms with E-state index < -0.39 is 5.54 Å². The molecule has 0 aliphatic carbocycles. The fourth-order valence-electron chi connectivity index (χ4n) is 2.68. The Morgan fingerprint density at radius 3 is 2.92 bits per heavy atom. The second kappa shape index (κ2) is 7.19. The third-order valence-corrected chi connectivity index (χ3v) is 5.43. The minimum absolute atomic E-state index is 0.186. The predicted octanol–water partition coefficient (Wildman–Crippen LogP) is 3.14. The number of carbonyl (C=O) groups excluding carboxylic acids is 1. The van der Waals surface area contributed by atoms with Gasteiger partial charge >= 0.3 is 0 Å².